The molecule has 3 aromatic rings. The minimum atomic E-state index is 0.357. The average molecular weight is 342 g/mol. The summed E-state index contributed by atoms with van der Waals surface area (Å²) >= 11 is 8.05. The Kier molecular flexibility index (Phi) is 3.10. The van der Waals surface area contributed by atoms with E-state index in [0.717, 1.165) is 36.5 Å². The van der Waals surface area contributed by atoms with Crippen LogP contribution in [0.15, 0.2) is 24.3 Å². The predicted molar refractivity (Wildman–Crippen MR) is 96.2 cm³/mol. The van der Waals surface area contributed by atoms with Crippen molar-refractivity contribution in [1.82, 2.24) is 9.97 Å². The van der Waals surface area contributed by atoms with Gasteiger partial charge in [-0.1, -0.05) is 18.2 Å². The first-order valence-electron chi connectivity index (χ1n) is 8.14. The Balaban J connectivity index is 1.78. The van der Waals surface area contributed by atoms with E-state index in [1.165, 1.54) is 39.9 Å². The van der Waals surface area contributed by atoms with E-state index in [2.05, 4.69) is 39.1 Å². The Morgan fingerprint density at radius 1 is 1.04 bits per heavy atom. The van der Waals surface area contributed by atoms with Gasteiger partial charge in [-0.15, -0.1) is 11.3 Å². The van der Waals surface area contributed by atoms with E-state index in [4.69, 9.17) is 11.6 Å². The quantitative estimate of drug-likeness (QED) is 0.588. The van der Waals surface area contributed by atoms with Gasteiger partial charge in [0.1, 0.15) is 10.6 Å². The van der Waals surface area contributed by atoms with Crippen LogP contribution in [0.4, 0.5) is 11.5 Å². The van der Waals surface area contributed by atoms with E-state index in [1.54, 1.807) is 11.3 Å². The number of halogens is 1. The molecule has 0 radical (unpaired) electrons. The highest BCUT2D eigenvalue weighted by Gasteiger charge is 2.27. The second-order valence-electron chi connectivity index (χ2n) is 6.24. The molecule has 1 aromatic carbocycles. The van der Waals surface area contributed by atoms with Crippen LogP contribution in [0.25, 0.3) is 10.2 Å². The Labute approximate surface area is 143 Å². The highest BCUT2D eigenvalue weighted by molar-refractivity contribution is 7.19. The fourth-order valence-corrected chi connectivity index (χ4v) is 5.37. The first-order chi connectivity index (χ1) is 11.3. The molecule has 0 spiro atoms. The Bertz CT molecular complexity index is 918. The molecule has 2 aliphatic rings. The van der Waals surface area contributed by atoms with E-state index in [1.807, 2.05) is 0 Å². The van der Waals surface area contributed by atoms with E-state index in [-0.39, 0.29) is 0 Å². The summed E-state index contributed by atoms with van der Waals surface area (Å²) in [4.78, 5) is 14.0. The molecule has 0 amide bonds. The van der Waals surface area contributed by atoms with Crippen molar-refractivity contribution in [3.05, 3.63) is 45.6 Å². The van der Waals surface area contributed by atoms with Crippen molar-refractivity contribution in [1.29, 1.82) is 0 Å². The number of nitrogens with zero attached hydrogens (tertiary/aromatic N) is 3. The molecular formula is C18H16ClN3S. The monoisotopic (exact) mass is 341 g/mol. The fourth-order valence-electron chi connectivity index (χ4n) is 3.90. The zero-order valence-electron chi connectivity index (χ0n) is 12.7. The molecule has 3 nitrogen and oxygen atoms in total. The van der Waals surface area contributed by atoms with Gasteiger partial charge in [-0.25, -0.2) is 4.98 Å². The maximum absolute atomic E-state index is 6.25. The number of fused-ring (bicyclic) bond motifs is 4. The second kappa shape index (κ2) is 5.18. The standard InChI is InChI=1S/C18H16ClN3S/c19-18-20-16(15-12-7-3-9-14(12)23-17(15)21-18)22-10-4-6-11-5-1-2-8-13(11)22/h1-2,5,8H,3-4,6-7,9-10H2. The number of rotatable bonds is 1. The maximum Gasteiger partial charge on any atom is 0.225 e. The van der Waals surface area contributed by atoms with Crippen molar-refractivity contribution in [3.8, 4) is 0 Å². The van der Waals surface area contributed by atoms with Crippen LogP contribution in [0.3, 0.4) is 0 Å². The van der Waals surface area contributed by atoms with Gasteiger partial charge in [-0.05, 0) is 60.9 Å². The lowest BCUT2D eigenvalue weighted by Gasteiger charge is -2.31. The van der Waals surface area contributed by atoms with Crippen molar-refractivity contribution in [2.75, 3.05) is 11.4 Å². The van der Waals surface area contributed by atoms with E-state index >= 15 is 0 Å². The third-order valence-electron chi connectivity index (χ3n) is 4.88. The number of anilines is 2. The van der Waals surface area contributed by atoms with Gasteiger partial charge >= 0.3 is 0 Å². The highest BCUT2D eigenvalue weighted by atomic mass is 35.5. The molecule has 0 N–H and O–H groups in total. The van der Waals surface area contributed by atoms with Crippen LogP contribution in [0.5, 0.6) is 0 Å². The topological polar surface area (TPSA) is 29.0 Å². The summed E-state index contributed by atoms with van der Waals surface area (Å²) in [7, 11) is 0. The van der Waals surface area contributed by atoms with E-state index < -0.39 is 0 Å². The summed E-state index contributed by atoms with van der Waals surface area (Å²) in [6.45, 7) is 0.990. The van der Waals surface area contributed by atoms with Gasteiger partial charge in [0.05, 0.1) is 5.39 Å². The van der Waals surface area contributed by atoms with Crippen molar-refractivity contribution < 1.29 is 0 Å². The molecule has 23 heavy (non-hydrogen) atoms. The minimum absolute atomic E-state index is 0.357. The molecule has 5 heteroatoms. The molecular weight excluding hydrogens is 326 g/mol. The lowest BCUT2D eigenvalue weighted by molar-refractivity contribution is 0.761. The van der Waals surface area contributed by atoms with Crippen LogP contribution in [-0.2, 0) is 19.3 Å². The third-order valence-corrected chi connectivity index (χ3v) is 6.24. The summed E-state index contributed by atoms with van der Waals surface area (Å²) < 4.78 is 0. The van der Waals surface area contributed by atoms with Crippen molar-refractivity contribution >= 4 is 44.7 Å². The Hall–Kier alpha value is -1.65. The van der Waals surface area contributed by atoms with Crippen LogP contribution in [-0.4, -0.2) is 16.5 Å². The molecule has 0 saturated heterocycles. The molecule has 1 aliphatic carbocycles. The molecule has 116 valence electrons. The van der Waals surface area contributed by atoms with Crippen LogP contribution in [0, 0.1) is 0 Å². The number of aromatic nitrogens is 2. The Morgan fingerprint density at radius 3 is 2.91 bits per heavy atom. The number of thiophene rings is 1. The highest BCUT2D eigenvalue weighted by Crippen LogP contribution is 2.43. The summed E-state index contributed by atoms with van der Waals surface area (Å²) in [6.07, 6.45) is 5.84. The molecule has 5 rings (SSSR count). The Morgan fingerprint density at radius 2 is 1.96 bits per heavy atom. The van der Waals surface area contributed by atoms with Crippen LogP contribution in [0.2, 0.25) is 5.28 Å². The van der Waals surface area contributed by atoms with E-state index in [9.17, 15) is 0 Å². The van der Waals surface area contributed by atoms with Crippen LogP contribution in [0.1, 0.15) is 28.8 Å². The fraction of sp³-hybridized carbons (Fsp3) is 0.333. The van der Waals surface area contributed by atoms with Gasteiger partial charge in [0.2, 0.25) is 5.28 Å². The molecule has 0 saturated carbocycles. The number of hydrogen-bond acceptors (Lipinski definition) is 4. The van der Waals surface area contributed by atoms with Gasteiger partial charge in [-0.2, -0.15) is 4.98 Å². The largest absolute Gasteiger partial charge is 0.325 e. The lowest BCUT2D eigenvalue weighted by atomic mass is 10.0. The lowest BCUT2D eigenvalue weighted by Crippen LogP contribution is -2.25. The van der Waals surface area contributed by atoms with Crippen molar-refractivity contribution in [2.45, 2.75) is 32.1 Å². The summed E-state index contributed by atoms with van der Waals surface area (Å²) in [5.41, 5.74) is 4.13. The number of aryl methyl sites for hydroxylation is 3. The molecule has 2 aromatic heterocycles. The SMILES string of the molecule is Clc1nc(N2CCCc3ccccc32)c2c3c(sc2n1)CCC3. The number of benzene rings is 1. The zero-order chi connectivity index (χ0) is 15.4. The van der Waals surface area contributed by atoms with Gasteiger partial charge in [-0.3, -0.25) is 0 Å². The van der Waals surface area contributed by atoms with Crippen molar-refractivity contribution in [2.24, 2.45) is 0 Å². The first-order valence-corrected chi connectivity index (χ1v) is 9.34. The van der Waals surface area contributed by atoms with Crippen LogP contribution >= 0.6 is 22.9 Å². The van der Waals surface area contributed by atoms with Crippen LogP contribution < -0.4 is 4.90 Å². The molecule has 1 aliphatic heterocycles. The van der Waals surface area contributed by atoms with Gasteiger partial charge < -0.3 is 4.90 Å². The average Bonchev–Trinajstić information content (AvgIpc) is 3.14. The second-order valence-corrected chi connectivity index (χ2v) is 7.66. The summed E-state index contributed by atoms with van der Waals surface area (Å²) in [5.74, 6) is 1.01. The third kappa shape index (κ3) is 2.08. The molecule has 3 heterocycles. The van der Waals surface area contributed by atoms with Crippen molar-refractivity contribution in [3.63, 3.8) is 0 Å². The number of hydrogen-bond donors (Lipinski definition) is 0. The zero-order valence-corrected chi connectivity index (χ0v) is 14.3. The smallest absolute Gasteiger partial charge is 0.225 e. The molecule has 0 bridgehead atoms. The van der Waals surface area contributed by atoms with Gasteiger partial charge in [0, 0.05) is 17.1 Å². The molecule has 0 fully saturated rings. The minimum Gasteiger partial charge on any atom is -0.325 e. The molecule has 0 unspecified atom stereocenters. The van der Waals surface area contributed by atoms with Gasteiger partial charge in [0.25, 0.3) is 0 Å². The van der Waals surface area contributed by atoms with E-state index in [0.29, 0.717) is 5.28 Å². The first kappa shape index (κ1) is 13.8. The maximum atomic E-state index is 6.25. The number of para-hydroxylation sites is 1. The predicted octanol–water partition coefficient (Wildman–Crippen LogP) is 4.92. The van der Waals surface area contributed by atoms with Gasteiger partial charge in [0.15, 0.2) is 0 Å². The summed E-state index contributed by atoms with van der Waals surface area (Å²) in [5, 5.41) is 1.60. The normalized spacial score (nSPS) is 16.7. The summed E-state index contributed by atoms with van der Waals surface area (Å²) in [6, 6.07) is 8.64. The molecule has 0 atom stereocenters.